The molecule has 35 heavy (non-hydrogen) atoms. The van der Waals surface area contributed by atoms with Crippen LogP contribution in [-0.4, -0.2) is 71.3 Å². The van der Waals surface area contributed by atoms with Gasteiger partial charge in [-0.15, -0.1) is 0 Å². The molecule has 3 aromatic rings. The standard InChI is InChI=1S/C26H30ClN5O3/c1-16(2)24(33)32-14-26(15-32)12-19(13-26)35-25-28-21-11-20(27)22(29-23(21)30-25)17-3-5-18(6-4-17)31-7-9-34-10-8-31/h3-6,11,16,19H,7-10,12-15H2,1-2H3,(H,28,29,30). The summed E-state index contributed by atoms with van der Waals surface area (Å²) < 4.78 is 11.6. The van der Waals surface area contributed by atoms with Gasteiger partial charge in [0.15, 0.2) is 5.65 Å². The number of fused-ring (bicyclic) bond motifs is 1. The van der Waals surface area contributed by atoms with Crippen LogP contribution in [-0.2, 0) is 9.53 Å². The van der Waals surface area contributed by atoms with Gasteiger partial charge in [0.25, 0.3) is 6.01 Å². The minimum absolute atomic E-state index is 0.0574. The Balaban J connectivity index is 1.11. The number of carbonyl (C=O) groups is 1. The lowest BCUT2D eigenvalue weighted by molar-refractivity contribution is -0.163. The maximum Gasteiger partial charge on any atom is 0.296 e. The fraction of sp³-hybridized carbons (Fsp3) is 0.500. The maximum absolute atomic E-state index is 12.1. The Hall–Kier alpha value is -2.84. The van der Waals surface area contributed by atoms with Crippen LogP contribution in [0.15, 0.2) is 30.3 Å². The molecule has 8 nitrogen and oxygen atoms in total. The van der Waals surface area contributed by atoms with Crippen LogP contribution in [0.4, 0.5) is 5.69 Å². The highest BCUT2D eigenvalue weighted by molar-refractivity contribution is 6.33. The number of likely N-dealkylation sites (tertiary alicyclic amines) is 1. The monoisotopic (exact) mass is 495 g/mol. The lowest BCUT2D eigenvalue weighted by Crippen LogP contribution is -2.66. The second-order valence-corrected chi connectivity index (χ2v) is 10.8. The van der Waals surface area contributed by atoms with E-state index >= 15 is 0 Å². The number of rotatable bonds is 5. The van der Waals surface area contributed by atoms with Gasteiger partial charge in [-0.05, 0) is 31.0 Å². The van der Waals surface area contributed by atoms with E-state index in [4.69, 9.17) is 26.1 Å². The second kappa shape index (κ2) is 8.68. The van der Waals surface area contributed by atoms with Crippen molar-refractivity contribution in [2.75, 3.05) is 44.3 Å². The van der Waals surface area contributed by atoms with Crippen molar-refractivity contribution in [1.29, 1.82) is 0 Å². The van der Waals surface area contributed by atoms with Gasteiger partial charge >= 0.3 is 0 Å². The van der Waals surface area contributed by atoms with Gasteiger partial charge in [0.2, 0.25) is 5.91 Å². The average molecular weight is 496 g/mol. The zero-order valence-electron chi connectivity index (χ0n) is 20.1. The van der Waals surface area contributed by atoms with E-state index in [-0.39, 0.29) is 23.3 Å². The predicted molar refractivity (Wildman–Crippen MR) is 135 cm³/mol. The van der Waals surface area contributed by atoms with E-state index in [0.29, 0.717) is 22.4 Å². The normalized spacial score (nSPS) is 19.8. The third kappa shape index (κ3) is 4.23. The molecule has 1 aliphatic carbocycles. The van der Waals surface area contributed by atoms with Gasteiger partial charge in [0.05, 0.1) is 29.4 Å². The molecule has 6 rings (SSSR count). The smallest absolute Gasteiger partial charge is 0.296 e. The number of H-pyrrole nitrogens is 1. The van der Waals surface area contributed by atoms with Crippen molar-refractivity contribution in [3.05, 3.63) is 35.4 Å². The highest BCUT2D eigenvalue weighted by Gasteiger charge is 2.55. The highest BCUT2D eigenvalue weighted by atomic mass is 35.5. The Morgan fingerprint density at radius 1 is 1.17 bits per heavy atom. The topological polar surface area (TPSA) is 83.6 Å². The zero-order valence-corrected chi connectivity index (χ0v) is 20.8. The molecule has 1 N–H and O–H groups in total. The summed E-state index contributed by atoms with van der Waals surface area (Å²) in [5.41, 5.74) is 4.39. The Morgan fingerprint density at radius 3 is 2.57 bits per heavy atom. The van der Waals surface area contributed by atoms with E-state index in [9.17, 15) is 4.79 Å². The van der Waals surface area contributed by atoms with Crippen LogP contribution in [0, 0.1) is 11.3 Å². The van der Waals surface area contributed by atoms with Crippen molar-refractivity contribution in [2.45, 2.75) is 32.8 Å². The number of pyridine rings is 1. The summed E-state index contributed by atoms with van der Waals surface area (Å²) in [6.07, 6.45) is 2.00. The summed E-state index contributed by atoms with van der Waals surface area (Å²) in [7, 11) is 0. The molecule has 0 radical (unpaired) electrons. The van der Waals surface area contributed by atoms with Crippen LogP contribution in [0.5, 0.6) is 6.01 Å². The van der Waals surface area contributed by atoms with E-state index in [1.165, 1.54) is 5.69 Å². The summed E-state index contributed by atoms with van der Waals surface area (Å²) in [5.74, 6) is 0.300. The van der Waals surface area contributed by atoms with E-state index in [2.05, 4.69) is 39.1 Å². The molecule has 1 amide bonds. The zero-order chi connectivity index (χ0) is 24.2. The van der Waals surface area contributed by atoms with Gasteiger partial charge in [-0.1, -0.05) is 37.6 Å². The average Bonchev–Trinajstić information content (AvgIpc) is 3.20. The molecule has 184 valence electrons. The lowest BCUT2D eigenvalue weighted by Gasteiger charge is -2.58. The molecule has 1 aromatic carbocycles. The molecule has 3 aliphatic rings. The summed E-state index contributed by atoms with van der Waals surface area (Å²) >= 11 is 6.59. The van der Waals surface area contributed by atoms with Crippen molar-refractivity contribution >= 4 is 34.4 Å². The molecular formula is C26H30ClN5O3. The number of hydrogen-bond acceptors (Lipinski definition) is 6. The number of carbonyl (C=O) groups excluding carboxylic acids is 1. The molecule has 3 fully saturated rings. The van der Waals surface area contributed by atoms with Gasteiger partial charge in [0, 0.05) is 48.8 Å². The Kier molecular flexibility index (Phi) is 5.60. The molecule has 0 unspecified atom stereocenters. The number of ether oxygens (including phenoxy) is 2. The number of aromatic nitrogens is 3. The molecule has 0 atom stereocenters. The highest BCUT2D eigenvalue weighted by Crippen LogP contribution is 2.49. The number of imidazole rings is 1. The van der Waals surface area contributed by atoms with Crippen molar-refractivity contribution in [2.24, 2.45) is 11.3 Å². The number of halogens is 1. The number of anilines is 1. The minimum Gasteiger partial charge on any atom is -0.461 e. The first-order chi connectivity index (χ1) is 16.9. The first-order valence-corrected chi connectivity index (χ1v) is 12.7. The number of nitrogens with zero attached hydrogens (tertiary/aromatic N) is 4. The number of hydrogen-bond donors (Lipinski definition) is 1. The van der Waals surface area contributed by atoms with Crippen LogP contribution < -0.4 is 9.64 Å². The van der Waals surface area contributed by atoms with Gasteiger partial charge in [-0.3, -0.25) is 4.79 Å². The van der Waals surface area contributed by atoms with E-state index in [1.54, 1.807) is 0 Å². The number of morpholine rings is 1. The summed E-state index contributed by atoms with van der Waals surface area (Å²) in [6.45, 7) is 8.90. The first kappa shape index (κ1) is 22.6. The molecule has 2 aliphatic heterocycles. The number of aromatic amines is 1. The van der Waals surface area contributed by atoms with Crippen molar-refractivity contribution in [3.63, 3.8) is 0 Å². The van der Waals surface area contributed by atoms with Gasteiger partial charge < -0.3 is 24.3 Å². The van der Waals surface area contributed by atoms with Crippen LogP contribution in [0.2, 0.25) is 5.02 Å². The molecule has 1 spiro atoms. The molecule has 1 saturated carbocycles. The van der Waals surface area contributed by atoms with E-state index < -0.39 is 0 Å². The number of nitrogens with one attached hydrogen (secondary N) is 1. The SMILES string of the molecule is CC(C)C(=O)N1CC2(CC(Oc3nc4nc(-c5ccc(N6CCOCC6)cc5)c(Cl)cc4[nH]3)C2)C1. The third-order valence-corrected chi connectivity index (χ3v) is 7.67. The Morgan fingerprint density at radius 2 is 1.89 bits per heavy atom. The van der Waals surface area contributed by atoms with Crippen LogP contribution in [0.25, 0.3) is 22.4 Å². The summed E-state index contributed by atoms with van der Waals surface area (Å²) in [5, 5.41) is 0.568. The Labute approximate surface area is 209 Å². The van der Waals surface area contributed by atoms with Gasteiger partial charge in [-0.2, -0.15) is 4.98 Å². The quantitative estimate of drug-likeness (QED) is 0.572. The number of benzene rings is 1. The Bertz CT molecular complexity index is 1240. The van der Waals surface area contributed by atoms with Crippen LogP contribution in [0.1, 0.15) is 26.7 Å². The van der Waals surface area contributed by atoms with E-state index in [0.717, 1.165) is 63.3 Å². The molecule has 9 heteroatoms. The molecule has 2 saturated heterocycles. The minimum atomic E-state index is 0.0574. The van der Waals surface area contributed by atoms with Crippen LogP contribution in [0.3, 0.4) is 0 Å². The molecule has 2 aromatic heterocycles. The predicted octanol–water partition coefficient (Wildman–Crippen LogP) is 4.14. The fourth-order valence-corrected chi connectivity index (χ4v) is 5.76. The largest absolute Gasteiger partial charge is 0.461 e. The van der Waals surface area contributed by atoms with Crippen LogP contribution >= 0.6 is 11.6 Å². The summed E-state index contributed by atoms with van der Waals surface area (Å²) in [6, 6.07) is 10.6. The van der Waals surface area contributed by atoms with Crippen molar-refractivity contribution in [3.8, 4) is 17.3 Å². The summed E-state index contributed by atoms with van der Waals surface area (Å²) in [4.78, 5) is 28.9. The van der Waals surface area contributed by atoms with Gasteiger partial charge in [0.1, 0.15) is 6.10 Å². The molecular weight excluding hydrogens is 466 g/mol. The second-order valence-electron chi connectivity index (χ2n) is 10.4. The third-order valence-electron chi connectivity index (χ3n) is 7.38. The molecule has 0 bridgehead atoms. The number of amides is 1. The maximum atomic E-state index is 12.1. The van der Waals surface area contributed by atoms with Gasteiger partial charge in [-0.25, -0.2) is 4.98 Å². The van der Waals surface area contributed by atoms with E-state index in [1.807, 2.05) is 24.8 Å². The fourth-order valence-electron chi connectivity index (χ4n) is 5.50. The molecule has 4 heterocycles. The van der Waals surface area contributed by atoms with Crippen molar-refractivity contribution < 1.29 is 14.3 Å². The lowest BCUT2D eigenvalue weighted by atomic mass is 9.61. The first-order valence-electron chi connectivity index (χ1n) is 12.3. The van der Waals surface area contributed by atoms with Crippen molar-refractivity contribution in [1.82, 2.24) is 19.9 Å².